The summed E-state index contributed by atoms with van der Waals surface area (Å²) in [7, 11) is 0. The molecule has 0 saturated heterocycles. The predicted octanol–water partition coefficient (Wildman–Crippen LogP) is 7.78. The molecule has 4 aliphatic rings. The molecule has 0 amide bonds. The second-order valence-corrected chi connectivity index (χ2v) is 13.0. The van der Waals surface area contributed by atoms with Gasteiger partial charge in [0, 0.05) is 0 Å². The highest BCUT2D eigenvalue weighted by atomic mass is 16.3. The minimum absolute atomic E-state index is 0.0781. The Bertz CT molecular complexity index is 630. The predicted molar refractivity (Wildman–Crippen MR) is 124 cm³/mol. The maximum Gasteiger partial charge on any atom is 0.0577 e. The average Bonchev–Trinajstić information content (AvgIpc) is 2.99. The minimum atomic E-state index is -0.0781. The third kappa shape index (κ3) is 3.66. The van der Waals surface area contributed by atoms with Gasteiger partial charge in [0.2, 0.25) is 0 Å². The minimum Gasteiger partial charge on any atom is -0.393 e. The highest BCUT2D eigenvalue weighted by Gasteiger charge is 2.58. The SMILES string of the molecule is CC(C)C(C)(C)CCC[C@H]1CC[C@H]2[C@@H]3CC=C4C[C@@H](O)CC[C@]4(C)[C@H]3CC[C@]12C. The number of fused-ring (bicyclic) bond motifs is 5. The topological polar surface area (TPSA) is 20.2 Å². The third-order valence-corrected chi connectivity index (χ3v) is 11.2. The number of allylic oxidation sites excluding steroid dienone is 1. The molecule has 3 saturated carbocycles. The number of hydrogen-bond acceptors (Lipinski definition) is 1. The highest BCUT2D eigenvalue weighted by Crippen LogP contribution is 2.66. The van der Waals surface area contributed by atoms with Crippen molar-refractivity contribution >= 4 is 0 Å². The van der Waals surface area contributed by atoms with Gasteiger partial charge in [-0.05, 0) is 110 Å². The van der Waals surface area contributed by atoms with Crippen molar-refractivity contribution in [1.29, 1.82) is 0 Å². The molecule has 0 unspecified atom stereocenters. The molecule has 166 valence electrons. The molecule has 0 aromatic carbocycles. The lowest BCUT2D eigenvalue weighted by molar-refractivity contribution is -0.0511. The number of hydrogen-bond donors (Lipinski definition) is 1. The largest absolute Gasteiger partial charge is 0.393 e. The van der Waals surface area contributed by atoms with E-state index in [4.69, 9.17) is 0 Å². The fraction of sp³-hybridized carbons (Fsp3) is 0.929. The fourth-order valence-corrected chi connectivity index (χ4v) is 8.32. The lowest BCUT2D eigenvalue weighted by Gasteiger charge is -2.58. The van der Waals surface area contributed by atoms with Crippen molar-refractivity contribution in [3.05, 3.63) is 11.6 Å². The maximum atomic E-state index is 10.2. The Morgan fingerprint density at radius 2 is 1.83 bits per heavy atom. The lowest BCUT2D eigenvalue weighted by Crippen LogP contribution is -2.50. The van der Waals surface area contributed by atoms with Crippen LogP contribution in [0.15, 0.2) is 11.6 Å². The lowest BCUT2D eigenvalue weighted by atomic mass is 9.47. The van der Waals surface area contributed by atoms with Crippen molar-refractivity contribution < 1.29 is 5.11 Å². The average molecular weight is 401 g/mol. The van der Waals surface area contributed by atoms with Crippen molar-refractivity contribution in [1.82, 2.24) is 0 Å². The smallest absolute Gasteiger partial charge is 0.0577 e. The summed E-state index contributed by atoms with van der Waals surface area (Å²) in [6.45, 7) is 15.0. The van der Waals surface area contributed by atoms with Gasteiger partial charge in [-0.2, -0.15) is 0 Å². The van der Waals surface area contributed by atoms with Crippen LogP contribution in [0, 0.1) is 45.8 Å². The zero-order valence-corrected chi connectivity index (χ0v) is 20.3. The van der Waals surface area contributed by atoms with E-state index < -0.39 is 0 Å². The van der Waals surface area contributed by atoms with Gasteiger partial charge < -0.3 is 5.11 Å². The van der Waals surface area contributed by atoms with E-state index in [1.807, 2.05) is 0 Å². The van der Waals surface area contributed by atoms with Crippen LogP contribution in [-0.2, 0) is 0 Å². The molecular formula is C28H48O. The highest BCUT2D eigenvalue weighted by molar-refractivity contribution is 5.25. The van der Waals surface area contributed by atoms with Gasteiger partial charge in [-0.15, -0.1) is 0 Å². The van der Waals surface area contributed by atoms with Crippen molar-refractivity contribution in [2.75, 3.05) is 0 Å². The summed E-state index contributed by atoms with van der Waals surface area (Å²) in [5.74, 6) is 4.48. The second-order valence-electron chi connectivity index (χ2n) is 13.0. The molecule has 1 heteroatoms. The molecule has 0 bridgehead atoms. The van der Waals surface area contributed by atoms with Gasteiger partial charge in [-0.3, -0.25) is 0 Å². The van der Waals surface area contributed by atoms with Gasteiger partial charge >= 0.3 is 0 Å². The van der Waals surface area contributed by atoms with Crippen LogP contribution in [0.1, 0.15) is 112 Å². The molecule has 1 N–H and O–H groups in total. The summed E-state index contributed by atoms with van der Waals surface area (Å²) in [6.07, 6.45) is 17.2. The van der Waals surface area contributed by atoms with Crippen molar-refractivity contribution in [2.45, 2.75) is 118 Å². The van der Waals surface area contributed by atoms with Crippen molar-refractivity contribution in [3.8, 4) is 0 Å². The van der Waals surface area contributed by atoms with Gasteiger partial charge in [0.05, 0.1) is 6.10 Å². The first-order chi connectivity index (χ1) is 13.6. The van der Waals surface area contributed by atoms with Crippen LogP contribution in [0.2, 0.25) is 0 Å². The fourth-order valence-electron chi connectivity index (χ4n) is 8.32. The molecule has 7 atom stereocenters. The first-order valence-electron chi connectivity index (χ1n) is 13.0. The van der Waals surface area contributed by atoms with Crippen molar-refractivity contribution in [3.63, 3.8) is 0 Å². The molecule has 0 aliphatic heterocycles. The first kappa shape index (κ1) is 21.9. The molecular weight excluding hydrogens is 352 g/mol. The summed E-state index contributed by atoms with van der Waals surface area (Å²) < 4.78 is 0. The van der Waals surface area contributed by atoms with Crippen LogP contribution < -0.4 is 0 Å². The molecule has 1 nitrogen and oxygen atoms in total. The van der Waals surface area contributed by atoms with Gasteiger partial charge in [0.15, 0.2) is 0 Å². The molecule has 29 heavy (non-hydrogen) atoms. The molecule has 4 rings (SSSR count). The number of aliphatic hydroxyl groups is 1. The maximum absolute atomic E-state index is 10.2. The van der Waals surface area contributed by atoms with E-state index in [0.717, 1.165) is 42.4 Å². The molecule has 0 aromatic rings. The summed E-state index contributed by atoms with van der Waals surface area (Å²) in [5.41, 5.74) is 3.09. The molecule has 0 aromatic heterocycles. The Balaban J connectivity index is 1.45. The summed E-state index contributed by atoms with van der Waals surface area (Å²) in [4.78, 5) is 0. The Hall–Kier alpha value is -0.300. The van der Waals surface area contributed by atoms with E-state index in [1.54, 1.807) is 5.57 Å². The monoisotopic (exact) mass is 400 g/mol. The quantitative estimate of drug-likeness (QED) is 0.467. The van der Waals surface area contributed by atoms with Crippen molar-refractivity contribution in [2.24, 2.45) is 45.8 Å². The summed E-state index contributed by atoms with van der Waals surface area (Å²) in [5, 5.41) is 10.2. The normalized spacial score (nSPS) is 44.8. The second kappa shape index (κ2) is 7.68. The number of rotatable bonds is 5. The Labute approximate surface area is 181 Å². The van der Waals surface area contributed by atoms with Gasteiger partial charge in [0.1, 0.15) is 0 Å². The Morgan fingerprint density at radius 3 is 2.55 bits per heavy atom. The molecule has 4 aliphatic carbocycles. The molecule has 0 heterocycles. The van der Waals surface area contributed by atoms with E-state index in [2.05, 4.69) is 47.6 Å². The zero-order valence-electron chi connectivity index (χ0n) is 20.3. The van der Waals surface area contributed by atoms with E-state index in [9.17, 15) is 5.11 Å². The summed E-state index contributed by atoms with van der Waals surface area (Å²) >= 11 is 0. The van der Waals surface area contributed by atoms with E-state index >= 15 is 0 Å². The van der Waals surface area contributed by atoms with Crippen LogP contribution in [0.5, 0.6) is 0 Å². The first-order valence-corrected chi connectivity index (χ1v) is 13.0. The van der Waals surface area contributed by atoms with E-state index in [1.165, 1.54) is 57.8 Å². The number of aliphatic hydroxyl groups excluding tert-OH is 1. The van der Waals surface area contributed by atoms with E-state index in [0.29, 0.717) is 16.2 Å². The molecule has 0 radical (unpaired) electrons. The van der Waals surface area contributed by atoms with Crippen LogP contribution in [-0.4, -0.2) is 11.2 Å². The van der Waals surface area contributed by atoms with Crippen LogP contribution in [0.4, 0.5) is 0 Å². The van der Waals surface area contributed by atoms with Gasteiger partial charge in [-0.1, -0.05) is 59.6 Å². The van der Waals surface area contributed by atoms with Crippen LogP contribution >= 0.6 is 0 Å². The van der Waals surface area contributed by atoms with Gasteiger partial charge in [-0.25, -0.2) is 0 Å². The van der Waals surface area contributed by atoms with Crippen LogP contribution in [0.3, 0.4) is 0 Å². The molecule has 0 spiro atoms. The summed E-state index contributed by atoms with van der Waals surface area (Å²) in [6, 6.07) is 0. The van der Waals surface area contributed by atoms with Crippen LogP contribution in [0.25, 0.3) is 0 Å². The Kier molecular flexibility index (Phi) is 5.81. The Morgan fingerprint density at radius 1 is 1.07 bits per heavy atom. The standard InChI is InChI=1S/C28H48O/c1-19(2)26(3,4)15-7-8-20-10-12-24-23-11-9-21-18-22(29)13-16-28(21,6)25(23)14-17-27(20,24)5/h9,19-20,22-25,29H,7-8,10-18H2,1-6H3/t20-,22-,23-,24-,25-,27+,28-/m0/s1. The van der Waals surface area contributed by atoms with Gasteiger partial charge in [0.25, 0.3) is 0 Å². The zero-order chi connectivity index (χ0) is 21.0. The molecule has 3 fully saturated rings. The van der Waals surface area contributed by atoms with E-state index in [-0.39, 0.29) is 6.10 Å². The third-order valence-electron chi connectivity index (χ3n) is 11.2.